The van der Waals surface area contributed by atoms with Crippen molar-refractivity contribution in [1.82, 2.24) is 9.78 Å². The molecule has 2 aromatic rings. The Bertz CT molecular complexity index is 686. The van der Waals surface area contributed by atoms with E-state index in [1.807, 2.05) is 24.7 Å². The lowest BCUT2D eigenvalue weighted by molar-refractivity contribution is 0.694. The zero-order valence-corrected chi connectivity index (χ0v) is 12.0. The first-order chi connectivity index (χ1) is 9.50. The van der Waals surface area contributed by atoms with Crippen LogP contribution in [0.5, 0.6) is 0 Å². The molecule has 2 heterocycles. The Morgan fingerprint density at radius 1 is 1.40 bits per heavy atom. The molecule has 3 N–H and O–H groups in total. The normalized spacial score (nSPS) is 17.4. The van der Waals surface area contributed by atoms with Gasteiger partial charge in [0, 0.05) is 18.8 Å². The molecule has 1 aliphatic rings. The van der Waals surface area contributed by atoms with Gasteiger partial charge in [-0.15, -0.1) is 0 Å². The maximum absolute atomic E-state index is 7.84. The largest absolute Gasteiger partial charge is 0.384 e. The van der Waals surface area contributed by atoms with Gasteiger partial charge in [-0.05, 0) is 31.9 Å². The molecule has 5 heteroatoms. The fraction of sp³-hybridized carbons (Fsp3) is 0.333. The number of nitrogens with two attached hydrogens (primary N) is 1. The van der Waals surface area contributed by atoms with E-state index in [1.165, 1.54) is 11.3 Å². The number of nitrogens with one attached hydrogen (secondary N) is 1. The predicted octanol–water partition coefficient (Wildman–Crippen LogP) is 2.10. The van der Waals surface area contributed by atoms with E-state index < -0.39 is 0 Å². The number of hydrogen-bond donors (Lipinski definition) is 2. The van der Waals surface area contributed by atoms with Crippen LogP contribution >= 0.6 is 0 Å². The summed E-state index contributed by atoms with van der Waals surface area (Å²) in [6.45, 7) is 4.08. The molecule has 0 aliphatic carbocycles. The minimum absolute atomic E-state index is 0.0715. The first-order valence-electron chi connectivity index (χ1n) is 6.76. The number of rotatable bonds is 2. The van der Waals surface area contributed by atoms with Crippen LogP contribution in [-0.4, -0.2) is 21.7 Å². The van der Waals surface area contributed by atoms with Gasteiger partial charge in [0.15, 0.2) is 0 Å². The van der Waals surface area contributed by atoms with Gasteiger partial charge < -0.3 is 10.6 Å². The fourth-order valence-corrected chi connectivity index (χ4v) is 3.13. The quantitative estimate of drug-likeness (QED) is 0.648. The second kappa shape index (κ2) is 4.37. The van der Waals surface area contributed by atoms with Crippen LogP contribution in [0.3, 0.4) is 0 Å². The van der Waals surface area contributed by atoms with Crippen molar-refractivity contribution in [1.29, 1.82) is 5.41 Å². The number of aromatic nitrogens is 2. The lowest BCUT2D eigenvalue weighted by Crippen LogP contribution is -2.28. The molecule has 20 heavy (non-hydrogen) atoms. The maximum Gasteiger partial charge on any atom is 0.142 e. The molecule has 0 fully saturated rings. The van der Waals surface area contributed by atoms with Crippen molar-refractivity contribution in [2.45, 2.75) is 26.3 Å². The Hall–Kier alpha value is -2.30. The second-order valence-corrected chi connectivity index (χ2v) is 5.37. The highest BCUT2D eigenvalue weighted by Gasteiger charge is 2.32. The molecule has 0 bridgehead atoms. The number of nitrogen functional groups attached to an aromatic ring is 1. The number of para-hydroxylation sites is 1. The SMILES string of the molecule is Cc1nn(C)c(N2c3ccccc3CC2C)c1C(=N)N. The van der Waals surface area contributed by atoms with Gasteiger partial charge in [-0.25, -0.2) is 0 Å². The van der Waals surface area contributed by atoms with Gasteiger partial charge in [0.25, 0.3) is 0 Å². The van der Waals surface area contributed by atoms with E-state index in [-0.39, 0.29) is 5.84 Å². The highest BCUT2D eigenvalue weighted by molar-refractivity contribution is 6.02. The van der Waals surface area contributed by atoms with Crippen LogP contribution in [0.25, 0.3) is 0 Å². The van der Waals surface area contributed by atoms with Crippen molar-refractivity contribution >= 4 is 17.3 Å². The smallest absolute Gasteiger partial charge is 0.142 e. The molecule has 1 aromatic heterocycles. The number of hydrogen-bond acceptors (Lipinski definition) is 3. The molecule has 104 valence electrons. The van der Waals surface area contributed by atoms with Crippen LogP contribution in [0, 0.1) is 12.3 Å². The van der Waals surface area contributed by atoms with Gasteiger partial charge >= 0.3 is 0 Å². The van der Waals surface area contributed by atoms with Crippen LogP contribution in [0.4, 0.5) is 11.5 Å². The molecule has 0 radical (unpaired) electrons. The first-order valence-corrected chi connectivity index (χ1v) is 6.76. The number of nitrogens with zero attached hydrogens (tertiary/aromatic N) is 3. The van der Waals surface area contributed by atoms with Gasteiger partial charge in [-0.1, -0.05) is 18.2 Å². The lowest BCUT2D eigenvalue weighted by Gasteiger charge is -2.26. The van der Waals surface area contributed by atoms with Gasteiger partial charge in [0.1, 0.15) is 11.7 Å². The van der Waals surface area contributed by atoms with E-state index in [4.69, 9.17) is 11.1 Å². The summed E-state index contributed by atoms with van der Waals surface area (Å²) in [6, 6.07) is 8.71. The van der Waals surface area contributed by atoms with Crippen molar-refractivity contribution in [2.24, 2.45) is 12.8 Å². The minimum Gasteiger partial charge on any atom is -0.384 e. The van der Waals surface area contributed by atoms with Crippen molar-refractivity contribution in [2.75, 3.05) is 4.90 Å². The van der Waals surface area contributed by atoms with Crippen LogP contribution in [-0.2, 0) is 13.5 Å². The zero-order chi connectivity index (χ0) is 14.4. The first kappa shape index (κ1) is 12.7. The second-order valence-electron chi connectivity index (χ2n) is 5.37. The van der Waals surface area contributed by atoms with E-state index in [0.717, 1.165) is 23.5 Å². The molecular formula is C15H19N5. The molecule has 0 amide bonds. The van der Waals surface area contributed by atoms with Gasteiger partial charge in [0.05, 0.1) is 11.3 Å². The summed E-state index contributed by atoms with van der Waals surface area (Å²) in [5, 5.41) is 12.3. The molecular weight excluding hydrogens is 250 g/mol. The van der Waals surface area contributed by atoms with E-state index in [0.29, 0.717) is 6.04 Å². The Labute approximate surface area is 118 Å². The van der Waals surface area contributed by atoms with Crippen molar-refractivity contribution in [3.05, 3.63) is 41.1 Å². The summed E-state index contributed by atoms with van der Waals surface area (Å²) < 4.78 is 1.82. The minimum atomic E-state index is 0.0715. The van der Waals surface area contributed by atoms with Crippen molar-refractivity contribution in [3.63, 3.8) is 0 Å². The number of anilines is 2. The maximum atomic E-state index is 7.84. The molecule has 0 spiro atoms. The molecule has 1 unspecified atom stereocenters. The van der Waals surface area contributed by atoms with Gasteiger partial charge in [0.2, 0.25) is 0 Å². The van der Waals surface area contributed by atoms with E-state index >= 15 is 0 Å². The molecule has 5 nitrogen and oxygen atoms in total. The summed E-state index contributed by atoms with van der Waals surface area (Å²) in [4.78, 5) is 2.24. The predicted molar refractivity (Wildman–Crippen MR) is 80.7 cm³/mol. The van der Waals surface area contributed by atoms with Crippen LogP contribution in [0.1, 0.15) is 23.7 Å². The fourth-order valence-electron chi connectivity index (χ4n) is 3.13. The van der Waals surface area contributed by atoms with Gasteiger partial charge in [-0.3, -0.25) is 10.1 Å². The molecule has 0 saturated carbocycles. The van der Waals surface area contributed by atoms with E-state index in [2.05, 4.69) is 35.1 Å². The van der Waals surface area contributed by atoms with E-state index in [1.54, 1.807) is 0 Å². The number of benzene rings is 1. The molecule has 0 saturated heterocycles. The van der Waals surface area contributed by atoms with Crippen LogP contribution < -0.4 is 10.6 Å². The molecule has 1 aliphatic heterocycles. The zero-order valence-electron chi connectivity index (χ0n) is 12.0. The highest BCUT2D eigenvalue weighted by atomic mass is 15.4. The topological polar surface area (TPSA) is 70.9 Å². The van der Waals surface area contributed by atoms with Crippen LogP contribution in [0.15, 0.2) is 24.3 Å². The highest BCUT2D eigenvalue weighted by Crippen LogP contribution is 2.39. The Balaban J connectivity index is 2.22. The number of amidine groups is 1. The lowest BCUT2D eigenvalue weighted by atomic mass is 10.1. The van der Waals surface area contributed by atoms with Gasteiger partial charge in [-0.2, -0.15) is 5.10 Å². The Kier molecular flexibility index (Phi) is 2.78. The average Bonchev–Trinajstić information content (AvgIpc) is 2.84. The molecule has 3 rings (SSSR count). The monoisotopic (exact) mass is 269 g/mol. The van der Waals surface area contributed by atoms with Crippen molar-refractivity contribution in [3.8, 4) is 0 Å². The summed E-state index contributed by atoms with van der Waals surface area (Å²) in [6.07, 6.45) is 0.998. The Morgan fingerprint density at radius 2 is 2.10 bits per heavy atom. The van der Waals surface area contributed by atoms with Crippen LogP contribution in [0.2, 0.25) is 0 Å². The summed E-state index contributed by atoms with van der Waals surface area (Å²) >= 11 is 0. The third kappa shape index (κ3) is 1.70. The van der Waals surface area contributed by atoms with Crippen molar-refractivity contribution < 1.29 is 0 Å². The standard InChI is InChI=1S/C15H19N5/c1-9-8-11-6-4-5-7-12(11)20(9)15-13(14(16)17)10(2)18-19(15)3/h4-7,9H,8H2,1-3H3,(H3,16,17). The molecule has 1 aromatic carbocycles. The third-order valence-electron chi connectivity index (χ3n) is 3.90. The summed E-state index contributed by atoms with van der Waals surface area (Å²) in [5.74, 6) is 0.981. The number of aryl methyl sites for hydroxylation is 2. The third-order valence-corrected chi connectivity index (χ3v) is 3.90. The molecule has 1 atom stereocenters. The van der Waals surface area contributed by atoms with E-state index in [9.17, 15) is 0 Å². The Morgan fingerprint density at radius 3 is 2.80 bits per heavy atom. The average molecular weight is 269 g/mol. The number of fused-ring (bicyclic) bond motifs is 1. The summed E-state index contributed by atoms with van der Waals surface area (Å²) in [7, 11) is 1.91. The summed E-state index contributed by atoms with van der Waals surface area (Å²) in [5.41, 5.74) is 9.81.